The zero-order valence-corrected chi connectivity index (χ0v) is 28.5. The van der Waals surface area contributed by atoms with Gasteiger partial charge in [0.15, 0.2) is 0 Å². The number of hydrogen-bond donors (Lipinski definition) is 0. The van der Waals surface area contributed by atoms with Crippen LogP contribution in [0.2, 0.25) is 5.82 Å². The minimum absolute atomic E-state index is 0.207. The van der Waals surface area contributed by atoms with Crippen LogP contribution in [0.25, 0.3) is 0 Å². The number of benzene rings is 5. The summed E-state index contributed by atoms with van der Waals surface area (Å²) in [6, 6.07) is 53.0. The van der Waals surface area contributed by atoms with Gasteiger partial charge >= 0.3 is 0 Å². The molecule has 1 aliphatic rings. The second-order valence-electron chi connectivity index (χ2n) is 12.7. The monoisotopic (exact) mass is 616 g/mol. The molecule has 0 amide bonds. The Morgan fingerprint density at radius 2 is 1.26 bits per heavy atom. The number of aromatic nitrogens is 2. The van der Waals surface area contributed by atoms with Crippen LogP contribution in [0.5, 0.6) is 0 Å². The highest BCUT2D eigenvalue weighted by atomic mass is 28.2. The maximum Gasteiger partial charge on any atom is 0.212 e. The zero-order chi connectivity index (χ0) is 31.4. The lowest BCUT2D eigenvalue weighted by atomic mass is 9.37. The highest BCUT2D eigenvalue weighted by Gasteiger charge is 2.37. The standard InChI is InChI=1S/C27H30N2Si.C15H15B/c1-2-3-6-12-23-13-11-18-26(21-23)30-27(29-20-19-28-22-29,24-14-7-4-8-15-24)25-16-9-5-10-17-25;1-3-7-13(8-4-1)16(15-11-12-15)14-9-5-2-6-10-14/h4-5,7-11,13-22H,2-3,6,12,30H2,1H3;1-10,15H,11-12H2. The molecule has 0 saturated heterocycles. The number of aryl methyl sites for hydroxylation is 1. The van der Waals surface area contributed by atoms with Gasteiger partial charge in [-0.2, -0.15) is 0 Å². The Kier molecular flexibility index (Phi) is 10.8. The van der Waals surface area contributed by atoms with Crippen molar-refractivity contribution in [2.45, 2.75) is 56.4 Å². The maximum absolute atomic E-state index is 4.43. The van der Waals surface area contributed by atoms with Gasteiger partial charge in [-0.15, -0.1) is 0 Å². The molecule has 0 atom stereocenters. The van der Waals surface area contributed by atoms with E-state index in [-0.39, 0.29) is 5.16 Å². The van der Waals surface area contributed by atoms with Crippen molar-refractivity contribution in [3.8, 4) is 0 Å². The summed E-state index contributed by atoms with van der Waals surface area (Å²) in [6.07, 6.45) is 13.8. The van der Waals surface area contributed by atoms with E-state index in [4.69, 9.17) is 0 Å². The van der Waals surface area contributed by atoms with Crippen LogP contribution in [0.1, 0.15) is 55.7 Å². The van der Waals surface area contributed by atoms with Crippen molar-refractivity contribution in [3.05, 3.63) is 181 Å². The number of imidazole rings is 1. The van der Waals surface area contributed by atoms with Gasteiger partial charge in [0.1, 0.15) is 0 Å². The van der Waals surface area contributed by atoms with Crippen LogP contribution in [0.15, 0.2) is 164 Å². The summed E-state index contributed by atoms with van der Waals surface area (Å²) in [5.41, 5.74) is 7.07. The molecule has 0 aliphatic heterocycles. The lowest BCUT2D eigenvalue weighted by Crippen LogP contribution is -2.46. The first kappa shape index (κ1) is 31.6. The van der Waals surface area contributed by atoms with Crippen molar-refractivity contribution in [1.82, 2.24) is 9.55 Å². The molecule has 0 bridgehead atoms. The topological polar surface area (TPSA) is 17.8 Å². The summed E-state index contributed by atoms with van der Waals surface area (Å²) >= 11 is 0. The third-order valence-electron chi connectivity index (χ3n) is 9.38. The third kappa shape index (κ3) is 7.69. The molecule has 1 saturated carbocycles. The number of hydrogen-bond acceptors (Lipinski definition) is 1. The molecule has 7 rings (SSSR count). The van der Waals surface area contributed by atoms with Crippen molar-refractivity contribution < 1.29 is 0 Å². The number of unbranched alkanes of at least 4 members (excludes halogenated alkanes) is 2. The normalized spacial score (nSPS) is 12.9. The van der Waals surface area contributed by atoms with E-state index in [9.17, 15) is 0 Å². The lowest BCUT2D eigenvalue weighted by molar-refractivity contribution is 0.596. The highest BCUT2D eigenvalue weighted by molar-refractivity contribution is 6.86. The van der Waals surface area contributed by atoms with E-state index in [1.54, 1.807) is 0 Å². The Balaban J connectivity index is 0.000000194. The molecule has 0 unspecified atom stereocenters. The van der Waals surface area contributed by atoms with Gasteiger partial charge in [0.2, 0.25) is 6.71 Å². The molecule has 6 aromatic rings. The fourth-order valence-electron chi connectivity index (χ4n) is 6.93. The molecule has 1 aliphatic carbocycles. The third-order valence-corrected chi connectivity index (χ3v) is 11.9. The molecule has 0 N–H and O–H groups in total. The predicted octanol–water partition coefficient (Wildman–Crippen LogP) is 7.32. The maximum atomic E-state index is 4.43. The average molecular weight is 617 g/mol. The van der Waals surface area contributed by atoms with Crippen LogP contribution in [0.3, 0.4) is 0 Å². The van der Waals surface area contributed by atoms with Gasteiger partial charge in [0.25, 0.3) is 0 Å². The minimum Gasteiger partial charge on any atom is -0.326 e. The molecule has 2 nitrogen and oxygen atoms in total. The second kappa shape index (κ2) is 15.7. The van der Waals surface area contributed by atoms with Crippen LogP contribution < -0.4 is 16.1 Å². The molecular weight excluding hydrogens is 571 g/mol. The smallest absolute Gasteiger partial charge is 0.212 e. The van der Waals surface area contributed by atoms with Gasteiger partial charge in [0, 0.05) is 12.4 Å². The van der Waals surface area contributed by atoms with Crippen molar-refractivity contribution in [1.29, 1.82) is 0 Å². The van der Waals surface area contributed by atoms with E-state index in [0.717, 1.165) is 5.82 Å². The molecule has 0 spiro atoms. The Bertz CT molecular complexity index is 1640. The van der Waals surface area contributed by atoms with E-state index in [1.165, 1.54) is 71.3 Å². The highest BCUT2D eigenvalue weighted by Crippen LogP contribution is 2.38. The van der Waals surface area contributed by atoms with E-state index in [2.05, 4.69) is 168 Å². The van der Waals surface area contributed by atoms with E-state index in [0.29, 0.717) is 6.71 Å². The van der Waals surface area contributed by atoms with Gasteiger partial charge in [-0.25, -0.2) is 4.98 Å². The summed E-state index contributed by atoms with van der Waals surface area (Å²) < 4.78 is 2.33. The van der Waals surface area contributed by atoms with Crippen molar-refractivity contribution >= 4 is 32.3 Å². The summed E-state index contributed by atoms with van der Waals surface area (Å²) in [7, 11) is -0.797. The Morgan fingerprint density at radius 1 is 0.696 bits per heavy atom. The van der Waals surface area contributed by atoms with E-state index >= 15 is 0 Å². The molecule has 1 heterocycles. The molecule has 0 radical (unpaired) electrons. The fourth-order valence-corrected chi connectivity index (χ4v) is 9.39. The summed E-state index contributed by atoms with van der Waals surface area (Å²) in [4.78, 5) is 4.43. The first-order valence-corrected chi connectivity index (χ1v) is 18.5. The molecule has 5 aromatic carbocycles. The largest absolute Gasteiger partial charge is 0.326 e. The molecular formula is C42H45BN2Si. The van der Waals surface area contributed by atoms with Gasteiger partial charge < -0.3 is 4.57 Å². The molecule has 1 fully saturated rings. The Morgan fingerprint density at radius 3 is 1.76 bits per heavy atom. The first-order chi connectivity index (χ1) is 22.8. The lowest BCUT2D eigenvalue weighted by Gasteiger charge is -2.37. The SMILES string of the molecule is CCCCCc1cccc([SiH2]C(c2ccccc2)(c2ccccc2)n2ccnc2)c1.c1ccc(B(c2ccccc2)C2CC2)cc1. The van der Waals surface area contributed by atoms with Gasteiger partial charge in [0.05, 0.1) is 21.0 Å². The summed E-state index contributed by atoms with van der Waals surface area (Å²) in [6.45, 7) is 2.88. The van der Waals surface area contributed by atoms with Crippen LogP contribution in [0.4, 0.5) is 0 Å². The van der Waals surface area contributed by atoms with Crippen LogP contribution in [0, 0.1) is 0 Å². The van der Waals surface area contributed by atoms with Crippen LogP contribution >= 0.6 is 0 Å². The van der Waals surface area contributed by atoms with Crippen molar-refractivity contribution in [3.63, 3.8) is 0 Å². The van der Waals surface area contributed by atoms with Crippen molar-refractivity contribution in [2.75, 3.05) is 0 Å². The summed E-state index contributed by atoms with van der Waals surface area (Å²) in [5, 5.41) is 1.28. The van der Waals surface area contributed by atoms with Gasteiger partial charge in [-0.3, -0.25) is 0 Å². The molecule has 230 valence electrons. The molecule has 46 heavy (non-hydrogen) atoms. The van der Waals surface area contributed by atoms with E-state index < -0.39 is 9.52 Å². The Labute approximate surface area is 278 Å². The van der Waals surface area contributed by atoms with E-state index in [1.807, 2.05) is 12.5 Å². The van der Waals surface area contributed by atoms with Crippen LogP contribution in [-0.4, -0.2) is 25.8 Å². The number of nitrogens with zero attached hydrogens (tertiary/aromatic N) is 2. The number of rotatable bonds is 12. The average Bonchev–Trinajstić information content (AvgIpc) is 3.80. The summed E-state index contributed by atoms with van der Waals surface area (Å²) in [5.74, 6) is 0.866. The predicted molar refractivity (Wildman–Crippen MR) is 200 cm³/mol. The Hall–Kier alpha value is -4.41. The molecule has 4 heteroatoms. The zero-order valence-electron chi connectivity index (χ0n) is 27.1. The molecule has 1 aromatic heterocycles. The van der Waals surface area contributed by atoms with Gasteiger partial charge in [-0.05, 0) is 29.5 Å². The van der Waals surface area contributed by atoms with Gasteiger partial charge in [-0.1, -0.05) is 200 Å². The second-order valence-corrected chi connectivity index (χ2v) is 14.8. The van der Waals surface area contributed by atoms with Crippen molar-refractivity contribution in [2.24, 2.45) is 0 Å². The minimum atomic E-state index is -0.797. The van der Waals surface area contributed by atoms with Crippen LogP contribution in [-0.2, 0) is 11.6 Å². The fraction of sp³-hybridized carbons (Fsp3) is 0.214. The first-order valence-electron chi connectivity index (χ1n) is 17.0. The quantitative estimate of drug-likeness (QED) is 0.104.